The predicted molar refractivity (Wildman–Crippen MR) is 39.0 cm³/mol. The highest BCUT2D eigenvalue weighted by atomic mass is 16.5. The summed E-state index contributed by atoms with van der Waals surface area (Å²) in [5, 5.41) is 18.1. The van der Waals surface area contributed by atoms with Crippen LogP contribution >= 0.6 is 0 Å². The lowest BCUT2D eigenvalue weighted by Gasteiger charge is -2.00. The van der Waals surface area contributed by atoms with Gasteiger partial charge >= 0.3 is 0 Å². The Balaban J connectivity index is 2.57. The number of hydrogen-bond donors (Lipinski definition) is 2. The van der Waals surface area contributed by atoms with E-state index in [2.05, 4.69) is 0 Å². The number of aromatic hydroxyl groups is 2. The van der Waals surface area contributed by atoms with Gasteiger partial charge in [0.2, 0.25) is 0 Å². The van der Waals surface area contributed by atoms with Crippen molar-refractivity contribution in [1.29, 1.82) is 0 Å². The summed E-state index contributed by atoms with van der Waals surface area (Å²) in [6, 6.07) is 2.98. The summed E-state index contributed by atoms with van der Waals surface area (Å²) in [6.45, 7) is 0.637. The van der Waals surface area contributed by atoms with Gasteiger partial charge in [-0.05, 0) is 6.07 Å². The summed E-state index contributed by atoms with van der Waals surface area (Å²) in [5.74, 6) is 0.486. The van der Waals surface area contributed by atoms with Crippen molar-refractivity contribution in [3.8, 4) is 17.2 Å². The number of hydrogen-bond acceptors (Lipinski definition) is 3. The van der Waals surface area contributed by atoms with E-state index in [1.165, 1.54) is 12.1 Å². The lowest BCUT2D eigenvalue weighted by molar-refractivity contribution is 0.352. The van der Waals surface area contributed by atoms with E-state index in [1.54, 1.807) is 0 Å². The van der Waals surface area contributed by atoms with Crippen molar-refractivity contribution in [2.75, 3.05) is 6.61 Å². The largest absolute Gasteiger partial charge is 0.504 e. The van der Waals surface area contributed by atoms with Gasteiger partial charge in [0.1, 0.15) is 5.75 Å². The van der Waals surface area contributed by atoms with Crippen molar-refractivity contribution in [3.05, 3.63) is 17.7 Å². The smallest absolute Gasteiger partial charge is 0.161 e. The van der Waals surface area contributed by atoms with Crippen LogP contribution in [0.4, 0.5) is 0 Å². The molecule has 0 bridgehead atoms. The summed E-state index contributed by atoms with van der Waals surface area (Å²) >= 11 is 0. The van der Waals surface area contributed by atoms with Crippen LogP contribution in [0.25, 0.3) is 0 Å². The Morgan fingerprint density at radius 2 is 1.91 bits per heavy atom. The maximum atomic E-state index is 9.08. The molecule has 58 valence electrons. The van der Waals surface area contributed by atoms with Crippen LogP contribution in [0.1, 0.15) is 5.56 Å². The second-order valence-electron chi connectivity index (χ2n) is 2.55. The first kappa shape index (κ1) is 6.34. The van der Waals surface area contributed by atoms with Gasteiger partial charge in [0.15, 0.2) is 11.5 Å². The van der Waals surface area contributed by atoms with E-state index in [0.717, 1.165) is 12.0 Å². The topological polar surface area (TPSA) is 49.7 Å². The molecule has 1 aromatic carbocycles. The van der Waals surface area contributed by atoms with Crippen LogP contribution in [0, 0.1) is 0 Å². The monoisotopic (exact) mass is 152 g/mol. The highest BCUT2D eigenvalue weighted by Gasteiger charge is 2.14. The van der Waals surface area contributed by atoms with Crippen molar-refractivity contribution < 1.29 is 14.9 Å². The first-order valence-electron chi connectivity index (χ1n) is 3.45. The molecule has 0 spiro atoms. The van der Waals surface area contributed by atoms with Crippen LogP contribution in [0.2, 0.25) is 0 Å². The van der Waals surface area contributed by atoms with E-state index < -0.39 is 0 Å². The number of phenols is 2. The molecule has 1 aromatic rings. The molecule has 3 nitrogen and oxygen atoms in total. The summed E-state index contributed by atoms with van der Waals surface area (Å²) in [7, 11) is 0. The highest BCUT2D eigenvalue weighted by Crippen LogP contribution is 2.35. The number of ether oxygens (including phenoxy) is 1. The van der Waals surface area contributed by atoms with Crippen LogP contribution in [0.5, 0.6) is 17.2 Å². The van der Waals surface area contributed by atoms with Gasteiger partial charge in [0, 0.05) is 18.1 Å². The molecule has 1 heterocycles. The molecular formula is C8H8O3. The van der Waals surface area contributed by atoms with E-state index in [4.69, 9.17) is 14.9 Å². The van der Waals surface area contributed by atoms with Gasteiger partial charge in [-0.25, -0.2) is 0 Å². The molecular weight excluding hydrogens is 144 g/mol. The molecule has 3 heteroatoms. The van der Waals surface area contributed by atoms with E-state index >= 15 is 0 Å². The Kier molecular flexibility index (Phi) is 1.18. The summed E-state index contributed by atoms with van der Waals surface area (Å²) in [6.07, 6.45) is 0.809. The first-order chi connectivity index (χ1) is 5.27. The van der Waals surface area contributed by atoms with E-state index in [1.807, 2.05) is 0 Å². The summed E-state index contributed by atoms with van der Waals surface area (Å²) in [4.78, 5) is 0. The zero-order chi connectivity index (χ0) is 7.84. The number of benzene rings is 1. The SMILES string of the molecule is Oc1cc2c(cc1O)OCC2. The van der Waals surface area contributed by atoms with Gasteiger partial charge < -0.3 is 14.9 Å². The second-order valence-corrected chi connectivity index (χ2v) is 2.55. The minimum atomic E-state index is -0.120. The Hall–Kier alpha value is -1.38. The minimum absolute atomic E-state index is 0.0748. The second kappa shape index (κ2) is 2.05. The molecule has 0 fully saturated rings. The van der Waals surface area contributed by atoms with Crippen molar-refractivity contribution in [1.82, 2.24) is 0 Å². The Labute approximate surface area is 63.9 Å². The molecule has 0 atom stereocenters. The van der Waals surface area contributed by atoms with Crippen molar-refractivity contribution in [2.45, 2.75) is 6.42 Å². The Bertz CT molecular complexity index is 265. The average Bonchev–Trinajstić information content (AvgIpc) is 2.36. The normalized spacial score (nSPS) is 14.2. The van der Waals surface area contributed by atoms with Crippen LogP contribution in [-0.2, 0) is 6.42 Å². The first-order valence-corrected chi connectivity index (χ1v) is 3.45. The van der Waals surface area contributed by atoms with Crippen LogP contribution in [-0.4, -0.2) is 16.8 Å². The summed E-state index contributed by atoms with van der Waals surface area (Å²) in [5.41, 5.74) is 0.959. The molecule has 0 aromatic heterocycles. The van der Waals surface area contributed by atoms with Gasteiger partial charge in [-0.3, -0.25) is 0 Å². The van der Waals surface area contributed by atoms with Crippen molar-refractivity contribution in [2.24, 2.45) is 0 Å². The third-order valence-corrected chi connectivity index (χ3v) is 1.79. The zero-order valence-electron chi connectivity index (χ0n) is 5.87. The Morgan fingerprint density at radius 3 is 2.73 bits per heavy atom. The lowest BCUT2D eigenvalue weighted by Crippen LogP contribution is -1.85. The fourth-order valence-corrected chi connectivity index (χ4v) is 1.20. The van der Waals surface area contributed by atoms with E-state index in [-0.39, 0.29) is 11.5 Å². The molecule has 0 amide bonds. The molecule has 2 rings (SSSR count). The molecule has 0 unspecified atom stereocenters. The van der Waals surface area contributed by atoms with Gasteiger partial charge in [-0.2, -0.15) is 0 Å². The maximum Gasteiger partial charge on any atom is 0.161 e. The fourth-order valence-electron chi connectivity index (χ4n) is 1.20. The standard InChI is InChI=1S/C8H8O3/c9-6-3-5-1-2-11-8(5)4-7(6)10/h3-4,9-10H,1-2H2. The molecule has 0 saturated carbocycles. The third-order valence-electron chi connectivity index (χ3n) is 1.79. The van der Waals surface area contributed by atoms with Gasteiger partial charge in [0.05, 0.1) is 6.61 Å². The van der Waals surface area contributed by atoms with Gasteiger partial charge in [0.25, 0.3) is 0 Å². The third kappa shape index (κ3) is 0.888. The number of rotatable bonds is 0. The summed E-state index contributed by atoms with van der Waals surface area (Å²) < 4.78 is 5.16. The van der Waals surface area contributed by atoms with E-state index in [0.29, 0.717) is 12.4 Å². The number of fused-ring (bicyclic) bond motifs is 1. The molecule has 2 N–H and O–H groups in total. The van der Waals surface area contributed by atoms with E-state index in [9.17, 15) is 0 Å². The average molecular weight is 152 g/mol. The maximum absolute atomic E-state index is 9.08. The molecule has 0 radical (unpaired) electrons. The van der Waals surface area contributed by atoms with Crippen LogP contribution < -0.4 is 4.74 Å². The van der Waals surface area contributed by atoms with Crippen molar-refractivity contribution >= 4 is 0 Å². The van der Waals surface area contributed by atoms with Gasteiger partial charge in [-0.1, -0.05) is 0 Å². The molecule has 11 heavy (non-hydrogen) atoms. The van der Waals surface area contributed by atoms with Gasteiger partial charge in [-0.15, -0.1) is 0 Å². The van der Waals surface area contributed by atoms with Crippen LogP contribution in [0.3, 0.4) is 0 Å². The van der Waals surface area contributed by atoms with Crippen LogP contribution in [0.15, 0.2) is 12.1 Å². The van der Waals surface area contributed by atoms with Crippen molar-refractivity contribution in [3.63, 3.8) is 0 Å². The Morgan fingerprint density at radius 1 is 1.18 bits per heavy atom. The molecule has 0 saturated heterocycles. The minimum Gasteiger partial charge on any atom is -0.504 e. The zero-order valence-corrected chi connectivity index (χ0v) is 5.87. The highest BCUT2D eigenvalue weighted by molar-refractivity contribution is 5.50. The molecule has 1 aliphatic rings. The number of phenolic OH excluding ortho intramolecular Hbond substituents is 2. The lowest BCUT2D eigenvalue weighted by atomic mass is 10.1. The fraction of sp³-hybridized carbons (Fsp3) is 0.250. The molecule has 1 aliphatic heterocycles. The quantitative estimate of drug-likeness (QED) is 0.546. The predicted octanol–water partition coefficient (Wildman–Crippen LogP) is 1.03. The molecule has 0 aliphatic carbocycles.